The highest BCUT2D eigenvalue weighted by atomic mass is 16.0. The molecule has 232 valence electrons. The van der Waals surface area contributed by atoms with E-state index in [0.717, 1.165) is 0 Å². The van der Waals surface area contributed by atoms with Crippen LogP contribution in [0.5, 0.6) is 0 Å². The summed E-state index contributed by atoms with van der Waals surface area (Å²) in [6.07, 6.45) is 40.7. The van der Waals surface area contributed by atoms with Crippen LogP contribution in [0.4, 0.5) is 0 Å². The normalized spacial score (nSPS) is 11.7. The van der Waals surface area contributed by atoms with Crippen molar-refractivity contribution in [2.75, 3.05) is 26.2 Å². The molecule has 0 spiro atoms. The van der Waals surface area contributed by atoms with Crippen LogP contribution in [-0.2, 0) is 0 Å². The molecule has 0 aliphatic carbocycles. The fraction of sp³-hybridized carbons (Fsp3) is 1.00. The van der Waals surface area contributed by atoms with Crippen LogP contribution >= 0.6 is 0 Å². The van der Waals surface area contributed by atoms with Crippen molar-refractivity contribution in [1.82, 2.24) is 0 Å². The lowest BCUT2D eigenvalue weighted by atomic mass is 10.0. The van der Waals surface area contributed by atoms with Crippen LogP contribution in [0.15, 0.2) is 0 Å². The third-order valence-electron chi connectivity index (χ3n) is 8.94. The Balaban J connectivity index is 0. The van der Waals surface area contributed by atoms with E-state index >= 15 is 0 Å². The molecule has 2 nitrogen and oxygen atoms in total. The van der Waals surface area contributed by atoms with Gasteiger partial charge in [0, 0.05) is 0 Å². The smallest absolute Gasteiger partial charge is 0.0786 e. The Labute approximate surface area is 243 Å². The highest BCUT2D eigenvalue weighted by Gasteiger charge is 2.25. The van der Waals surface area contributed by atoms with E-state index < -0.39 is 0 Å². The summed E-state index contributed by atoms with van der Waals surface area (Å²) < 4.78 is 1.48. The number of rotatable bonds is 32. The van der Waals surface area contributed by atoms with Crippen LogP contribution in [0, 0.1) is 0 Å². The summed E-state index contributed by atoms with van der Waals surface area (Å²) in [6, 6.07) is 0. The van der Waals surface area contributed by atoms with Crippen LogP contribution in [0.3, 0.4) is 0 Å². The van der Waals surface area contributed by atoms with Gasteiger partial charge in [0.2, 0.25) is 0 Å². The van der Waals surface area contributed by atoms with Gasteiger partial charge >= 0.3 is 0 Å². The van der Waals surface area contributed by atoms with Gasteiger partial charge in [-0.05, 0) is 51.4 Å². The Morgan fingerprint density at radius 1 is 0.237 bits per heavy atom. The van der Waals surface area contributed by atoms with Gasteiger partial charge in [0.05, 0.1) is 26.2 Å². The number of hydrogen-bond donors (Lipinski definition) is 0. The predicted octanol–water partition coefficient (Wildman–Crippen LogP) is 12.6. The first kappa shape index (κ1) is 40.1. The van der Waals surface area contributed by atoms with Crippen molar-refractivity contribution in [3.05, 3.63) is 0 Å². The minimum Gasteiger partial charge on any atom is -0.870 e. The minimum absolute atomic E-state index is 0. The Bertz CT molecular complexity index is 369. The molecule has 0 rings (SSSR count). The van der Waals surface area contributed by atoms with Crippen molar-refractivity contribution < 1.29 is 9.96 Å². The number of unbranched alkanes of at least 4 members (excludes halogenated alkanes) is 24. The first-order valence-electron chi connectivity index (χ1n) is 18.1. The topological polar surface area (TPSA) is 30.0 Å². The molecule has 0 heterocycles. The second kappa shape index (κ2) is 33.1. The van der Waals surface area contributed by atoms with Crippen molar-refractivity contribution in [2.24, 2.45) is 0 Å². The van der Waals surface area contributed by atoms with E-state index in [1.807, 2.05) is 0 Å². The van der Waals surface area contributed by atoms with E-state index in [1.165, 1.54) is 210 Å². The van der Waals surface area contributed by atoms with Crippen LogP contribution < -0.4 is 0 Å². The standard InChI is InChI=1S/C36H76N.H2O/c1-5-9-13-17-21-22-23-24-28-32-36-37(33-29-25-18-14-10-6-2,34-30-26-19-15-11-7-3)35-31-27-20-16-12-8-4;/h5-36H2,1-4H3;1H2/q+1;/p-1. The third kappa shape index (κ3) is 27.5. The van der Waals surface area contributed by atoms with Crippen molar-refractivity contribution >= 4 is 0 Å². The number of nitrogens with zero attached hydrogens (tertiary/aromatic N) is 1. The third-order valence-corrected chi connectivity index (χ3v) is 8.94. The van der Waals surface area contributed by atoms with Gasteiger partial charge in [-0.25, -0.2) is 0 Å². The second-order valence-corrected chi connectivity index (χ2v) is 12.7. The van der Waals surface area contributed by atoms with Gasteiger partial charge in [0.1, 0.15) is 0 Å². The van der Waals surface area contributed by atoms with Crippen molar-refractivity contribution in [3.63, 3.8) is 0 Å². The zero-order chi connectivity index (χ0) is 27.1. The monoisotopic (exact) mass is 540 g/mol. The van der Waals surface area contributed by atoms with Crippen LogP contribution in [-0.4, -0.2) is 36.1 Å². The van der Waals surface area contributed by atoms with E-state index in [-0.39, 0.29) is 5.48 Å². The highest BCUT2D eigenvalue weighted by Crippen LogP contribution is 2.21. The maximum absolute atomic E-state index is 2.34. The molecule has 1 N–H and O–H groups in total. The Kier molecular flexibility index (Phi) is 34.9. The predicted molar refractivity (Wildman–Crippen MR) is 174 cm³/mol. The lowest BCUT2D eigenvalue weighted by Crippen LogP contribution is -2.50. The molecule has 0 aromatic heterocycles. The molecular formula is C36H77NO. The summed E-state index contributed by atoms with van der Waals surface area (Å²) in [4.78, 5) is 0. The van der Waals surface area contributed by atoms with E-state index in [0.29, 0.717) is 0 Å². The Morgan fingerprint density at radius 3 is 0.579 bits per heavy atom. The summed E-state index contributed by atoms with van der Waals surface area (Å²) in [5.41, 5.74) is 0. The molecule has 0 amide bonds. The van der Waals surface area contributed by atoms with E-state index in [1.54, 1.807) is 0 Å². The zero-order valence-corrected chi connectivity index (χ0v) is 27.5. The lowest BCUT2D eigenvalue weighted by Gasteiger charge is -2.40. The molecular weight excluding hydrogens is 462 g/mol. The molecule has 0 fully saturated rings. The average Bonchev–Trinajstić information content (AvgIpc) is 2.91. The van der Waals surface area contributed by atoms with E-state index in [2.05, 4.69) is 27.7 Å². The van der Waals surface area contributed by atoms with Gasteiger partial charge in [0.15, 0.2) is 0 Å². The quantitative estimate of drug-likeness (QED) is 0.0617. The Morgan fingerprint density at radius 2 is 0.395 bits per heavy atom. The summed E-state index contributed by atoms with van der Waals surface area (Å²) in [5.74, 6) is 0. The van der Waals surface area contributed by atoms with Gasteiger partial charge in [-0.3, -0.25) is 0 Å². The van der Waals surface area contributed by atoms with Crippen molar-refractivity contribution in [3.8, 4) is 0 Å². The van der Waals surface area contributed by atoms with Gasteiger partial charge in [-0.1, -0.05) is 156 Å². The molecule has 0 atom stereocenters. The van der Waals surface area contributed by atoms with Crippen molar-refractivity contribution in [1.29, 1.82) is 0 Å². The van der Waals surface area contributed by atoms with Gasteiger partial charge in [-0.15, -0.1) is 0 Å². The first-order chi connectivity index (χ1) is 18.2. The molecule has 38 heavy (non-hydrogen) atoms. The molecule has 0 unspecified atom stereocenters. The van der Waals surface area contributed by atoms with Gasteiger partial charge in [-0.2, -0.15) is 0 Å². The summed E-state index contributed by atoms with van der Waals surface area (Å²) >= 11 is 0. The maximum Gasteiger partial charge on any atom is 0.0786 e. The summed E-state index contributed by atoms with van der Waals surface area (Å²) in [7, 11) is 0. The zero-order valence-electron chi connectivity index (χ0n) is 27.5. The number of quaternary nitrogens is 1. The minimum atomic E-state index is 0. The second-order valence-electron chi connectivity index (χ2n) is 12.7. The van der Waals surface area contributed by atoms with Crippen LogP contribution in [0.1, 0.15) is 207 Å². The molecule has 0 aliphatic rings. The van der Waals surface area contributed by atoms with Crippen LogP contribution in [0.25, 0.3) is 0 Å². The van der Waals surface area contributed by atoms with E-state index in [4.69, 9.17) is 0 Å². The molecule has 0 aromatic rings. The molecule has 0 saturated carbocycles. The Hall–Kier alpha value is -0.0800. The lowest BCUT2D eigenvalue weighted by molar-refractivity contribution is -0.929. The molecule has 0 bridgehead atoms. The summed E-state index contributed by atoms with van der Waals surface area (Å²) in [6.45, 7) is 15.3. The van der Waals surface area contributed by atoms with Gasteiger partial charge < -0.3 is 9.96 Å². The fourth-order valence-corrected chi connectivity index (χ4v) is 6.29. The van der Waals surface area contributed by atoms with Crippen LogP contribution in [0.2, 0.25) is 0 Å². The SMILES string of the molecule is CCCCCCCCCCCC[N+](CCCCCCCC)(CCCCCCCC)CCCCCCCC.[OH-]. The highest BCUT2D eigenvalue weighted by molar-refractivity contribution is 4.55. The van der Waals surface area contributed by atoms with E-state index in [9.17, 15) is 0 Å². The van der Waals surface area contributed by atoms with Crippen molar-refractivity contribution in [2.45, 2.75) is 207 Å². The average molecular weight is 540 g/mol. The summed E-state index contributed by atoms with van der Waals surface area (Å²) in [5, 5.41) is 0. The molecule has 0 aliphatic heterocycles. The fourth-order valence-electron chi connectivity index (χ4n) is 6.29. The molecule has 0 saturated heterocycles. The molecule has 2 heteroatoms. The molecule has 0 aromatic carbocycles. The maximum atomic E-state index is 2.34. The first-order valence-corrected chi connectivity index (χ1v) is 18.1. The largest absolute Gasteiger partial charge is 0.870 e. The molecule has 0 radical (unpaired) electrons. The number of hydrogen-bond acceptors (Lipinski definition) is 1. The van der Waals surface area contributed by atoms with Gasteiger partial charge in [0.25, 0.3) is 0 Å².